The topological polar surface area (TPSA) is 12.0 Å². The van der Waals surface area contributed by atoms with Crippen molar-refractivity contribution in [1.29, 1.82) is 0 Å². The van der Waals surface area contributed by atoms with Gasteiger partial charge in [0, 0.05) is 10.9 Å². The fraction of sp³-hybridized carbons (Fsp3) is 0.667. The van der Waals surface area contributed by atoms with Crippen molar-refractivity contribution in [3.63, 3.8) is 0 Å². The Labute approximate surface area is 101 Å². The van der Waals surface area contributed by atoms with E-state index in [0.717, 1.165) is 17.5 Å². The van der Waals surface area contributed by atoms with Gasteiger partial charge in [-0.2, -0.15) is 0 Å². The molecule has 1 aliphatic carbocycles. The minimum atomic E-state index is 0.456. The minimum absolute atomic E-state index is 0.456. The van der Waals surface area contributed by atoms with Crippen LogP contribution in [0.4, 0.5) is 0 Å². The van der Waals surface area contributed by atoms with Crippen LogP contribution in [0.2, 0.25) is 5.02 Å². The van der Waals surface area contributed by atoms with Crippen LogP contribution < -0.4 is 5.32 Å². The highest BCUT2D eigenvalue weighted by Gasteiger charge is 2.50. The van der Waals surface area contributed by atoms with Crippen molar-refractivity contribution in [1.82, 2.24) is 5.32 Å². The lowest BCUT2D eigenvalue weighted by atomic mass is 10.0. The van der Waals surface area contributed by atoms with E-state index in [9.17, 15) is 0 Å². The summed E-state index contributed by atoms with van der Waals surface area (Å²) < 4.78 is 0. The Morgan fingerprint density at radius 2 is 2.33 bits per heavy atom. The van der Waals surface area contributed by atoms with Crippen LogP contribution in [0.1, 0.15) is 38.1 Å². The lowest BCUT2D eigenvalue weighted by Crippen LogP contribution is -2.23. The van der Waals surface area contributed by atoms with Gasteiger partial charge >= 0.3 is 0 Å². The molecule has 0 aliphatic heterocycles. The molecule has 0 aromatic carbocycles. The van der Waals surface area contributed by atoms with E-state index in [1.807, 2.05) is 6.07 Å². The van der Waals surface area contributed by atoms with Gasteiger partial charge in [0.1, 0.15) is 0 Å². The molecule has 0 radical (unpaired) electrons. The summed E-state index contributed by atoms with van der Waals surface area (Å²) in [5, 5.41) is 6.57. The summed E-state index contributed by atoms with van der Waals surface area (Å²) in [5.74, 6) is 0.744. The quantitative estimate of drug-likeness (QED) is 0.840. The molecule has 1 nitrogen and oxygen atoms in total. The molecule has 0 amide bonds. The van der Waals surface area contributed by atoms with Crippen LogP contribution in [0.15, 0.2) is 11.4 Å². The highest BCUT2D eigenvalue weighted by molar-refractivity contribution is 7.10. The van der Waals surface area contributed by atoms with E-state index in [2.05, 4.69) is 31.5 Å². The molecule has 1 N–H and O–H groups in total. The van der Waals surface area contributed by atoms with Crippen molar-refractivity contribution in [2.75, 3.05) is 6.54 Å². The molecule has 3 heteroatoms. The van der Waals surface area contributed by atoms with E-state index in [1.54, 1.807) is 11.3 Å². The zero-order chi connectivity index (χ0) is 11.1. The summed E-state index contributed by atoms with van der Waals surface area (Å²) in [5.41, 5.74) is 0.486. The second-order valence-electron chi connectivity index (χ2n) is 4.97. The highest BCUT2D eigenvalue weighted by Crippen LogP contribution is 2.58. The molecule has 1 heterocycles. The molecule has 0 spiro atoms. The first-order valence-electron chi connectivity index (χ1n) is 5.52. The molecule has 1 aromatic heterocycles. The maximum atomic E-state index is 6.21. The van der Waals surface area contributed by atoms with E-state index < -0.39 is 0 Å². The molecule has 2 rings (SSSR count). The van der Waals surface area contributed by atoms with Gasteiger partial charge in [-0.05, 0) is 35.7 Å². The predicted octanol–water partition coefficient (Wildman–Crippen LogP) is 4.10. The summed E-state index contributed by atoms with van der Waals surface area (Å²) in [6.45, 7) is 7.84. The maximum Gasteiger partial charge on any atom is 0.0561 e. The van der Waals surface area contributed by atoms with Crippen molar-refractivity contribution < 1.29 is 0 Å². The molecule has 15 heavy (non-hydrogen) atoms. The van der Waals surface area contributed by atoms with E-state index >= 15 is 0 Å². The molecule has 84 valence electrons. The molecule has 0 saturated heterocycles. The lowest BCUT2D eigenvalue weighted by molar-refractivity contribution is 0.429. The minimum Gasteiger partial charge on any atom is -0.309 e. The SMILES string of the molecule is CCNC(c1sccc1Cl)C1CC1(C)C. The number of rotatable bonds is 4. The second-order valence-corrected chi connectivity index (χ2v) is 6.32. The van der Waals surface area contributed by atoms with Crippen LogP contribution >= 0.6 is 22.9 Å². The summed E-state index contributed by atoms with van der Waals surface area (Å²) in [6.07, 6.45) is 1.30. The Kier molecular flexibility index (Phi) is 3.11. The first-order valence-corrected chi connectivity index (χ1v) is 6.78. The molecular weight excluding hydrogens is 226 g/mol. The van der Waals surface area contributed by atoms with Crippen molar-refractivity contribution in [2.45, 2.75) is 33.2 Å². The van der Waals surface area contributed by atoms with Gasteiger partial charge in [-0.15, -0.1) is 11.3 Å². The normalized spacial score (nSPS) is 25.2. The number of thiophene rings is 1. The van der Waals surface area contributed by atoms with Gasteiger partial charge in [-0.25, -0.2) is 0 Å². The van der Waals surface area contributed by atoms with Crippen molar-refractivity contribution in [2.24, 2.45) is 11.3 Å². The van der Waals surface area contributed by atoms with Crippen LogP contribution in [0.5, 0.6) is 0 Å². The average molecular weight is 244 g/mol. The van der Waals surface area contributed by atoms with Crippen molar-refractivity contribution in [3.8, 4) is 0 Å². The number of hydrogen-bond acceptors (Lipinski definition) is 2. The van der Waals surface area contributed by atoms with Gasteiger partial charge in [0.25, 0.3) is 0 Å². The number of hydrogen-bond donors (Lipinski definition) is 1. The van der Waals surface area contributed by atoms with Gasteiger partial charge in [0.15, 0.2) is 0 Å². The van der Waals surface area contributed by atoms with E-state index in [4.69, 9.17) is 11.6 Å². The summed E-state index contributed by atoms with van der Waals surface area (Å²) in [7, 11) is 0. The fourth-order valence-electron chi connectivity index (χ4n) is 2.24. The van der Waals surface area contributed by atoms with Gasteiger partial charge in [0.2, 0.25) is 0 Å². The fourth-order valence-corrected chi connectivity index (χ4v) is 3.56. The average Bonchev–Trinajstić information content (AvgIpc) is 2.57. The summed E-state index contributed by atoms with van der Waals surface area (Å²) in [6, 6.07) is 2.46. The third kappa shape index (κ3) is 2.22. The van der Waals surface area contributed by atoms with Crippen molar-refractivity contribution in [3.05, 3.63) is 21.3 Å². The van der Waals surface area contributed by atoms with Crippen LogP contribution in [0, 0.1) is 11.3 Å². The molecular formula is C12H18ClNS. The van der Waals surface area contributed by atoms with Gasteiger partial charge in [0.05, 0.1) is 5.02 Å². The monoisotopic (exact) mass is 243 g/mol. The maximum absolute atomic E-state index is 6.21. The first-order chi connectivity index (χ1) is 7.06. The molecule has 1 aliphatic rings. The van der Waals surface area contributed by atoms with Crippen LogP contribution in [-0.4, -0.2) is 6.54 Å². The van der Waals surface area contributed by atoms with Gasteiger partial charge in [-0.3, -0.25) is 0 Å². The summed E-state index contributed by atoms with van der Waals surface area (Å²) in [4.78, 5) is 1.31. The predicted molar refractivity (Wildman–Crippen MR) is 67.6 cm³/mol. The molecule has 2 atom stereocenters. The highest BCUT2D eigenvalue weighted by atomic mass is 35.5. The second kappa shape index (κ2) is 4.08. The Morgan fingerprint density at radius 1 is 1.67 bits per heavy atom. The van der Waals surface area contributed by atoms with Crippen LogP contribution in [0.25, 0.3) is 0 Å². The molecule has 1 fully saturated rings. The first kappa shape index (κ1) is 11.4. The molecule has 1 saturated carbocycles. The van der Waals surface area contributed by atoms with E-state index in [-0.39, 0.29) is 0 Å². The third-order valence-corrected chi connectivity index (χ3v) is 4.78. The zero-order valence-electron chi connectivity index (χ0n) is 9.51. The lowest BCUT2D eigenvalue weighted by Gasteiger charge is -2.18. The number of halogens is 1. The Morgan fingerprint density at radius 3 is 2.73 bits per heavy atom. The number of nitrogens with one attached hydrogen (secondary N) is 1. The molecule has 2 unspecified atom stereocenters. The van der Waals surface area contributed by atoms with Crippen LogP contribution in [-0.2, 0) is 0 Å². The summed E-state index contributed by atoms with van der Waals surface area (Å²) >= 11 is 7.98. The van der Waals surface area contributed by atoms with Crippen molar-refractivity contribution >= 4 is 22.9 Å². The third-order valence-electron chi connectivity index (χ3n) is 3.34. The van der Waals surface area contributed by atoms with E-state index in [1.165, 1.54) is 11.3 Å². The molecule has 0 bridgehead atoms. The standard InChI is InChI=1S/C12H18ClNS/c1-4-14-10(8-7-12(8,2)3)11-9(13)5-6-15-11/h5-6,8,10,14H,4,7H2,1-3H3. The Balaban J connectivity index is 2.18. The zero-order valence-corrected chi connectivity index (χ0v) is 11.1. The van der Waals surface area contributed by atoms with Gasteiger partial charge in [-0.1, -0.05) is 32.4 Å². The Bertz CT molecular complexity index is 345. The Hall–Kier alpha value is -0.0500. The smallest absolute Gasteiger partial charge is 0.0561 e. The largest absolute Gasteiger partial charge is 0.309 e. The van der Waals surface area contributed by atoms with E-state index in [0.29, 0.717) is 11.5 Å². The van der Waals surface area contributed by atoms with Gasteiger partial charge < -0.3 is 5.32 Å². The molecule has 1 aromatic rings. The van der Waals surface area contributed by atoms with Crippen LogP contribution in [0.3, 0.4) is 0 Å².